The van der Waals surface area contributed by atoms with Gasteiger partial charge in [0.15, 0.2) is 0 Å². The van der Waals surface area contributed by atoms with Crippen LogP contribution in [0.25, 0.3) is 0 Å². The molecule has 0 bridgehead atoms. The van der Waals surface area contributed by atoms with Crippen LogP contribution in [0, 0.1) is 13.8 Å². The molecule has 1 heterocycles. The van der Waals surface area contributed by atoms with Crippen molar-refractivity contribution in [3.8, 4) is 0 Å². The monoisotopic (exact) mass is 261 g/mol. The predicted molar refractivity (Wildman–Crippen MR) is 59.8 cm³/mol. The molecule has 0 aromatic carbocycles. The molecule has 0 aliphatic carbocycles. The average Bonchev–Trinajstić information content (AvgIpc) is 2.18. The summed E-state index contributed by atoms with van der Waals surface area (Å²) in [5.74, 6) is -1.64. The van der Waals surface area contributed by atoms with Crippen molar-refractivity contribution in [1.29, 1.82) is 0 Å². The predicted octanol–water partition coefficient (Wildman–Crippen LogP) is 3.54. The second kappa shape index (κ2) is 4.59. The molecule has 0 atom stereocenters. The van der Waals surface area contributed by atoms with Crippen LogP contribution in [0.1, 0.15) is 52.6 Å². The highest BCUT2D eigenvalue weighted by atomic mass is 19.4. The van der Waals surface area contributed by atoms with Crippen molar-refractivity contribution in [2.45, 2.75) is 39.8 Å². The summed E-state index contributed by atoms with van der Waals surface area (Å²) in [5, 5.41) is 9.09. The first-order valence-corrected chi connectivity index (χ1v) is 5.39. The number of carbonyl (C=O) groups is 1. The molecule has 0 spiro atoms. The van der Waals surface area contributed by atoms with Gasteiger partial charge in [0.2, 0.25) is 0 Å². The number of hydrogen-bond acceptors (Lipinski definition) is 2. The van der Waals surface area contributed by atoms with Crippen molar-refractivity contribution in [3.05, 3.63) is 28.1 Å². The van der Waals surface area contributed by atoms with Gasteiger partial charge in [-0.2, -0.15) is 13.2 Å². The number of carboxylic acid groups (broad SMARTS) is 1. The molecule has 0 radical (unpaired) electrons. The number of pyridine rings is 1. The van der Waals surface area contributed by atoms with E-state index in [2.05, 4.69) is 4.98 Å². The molecule has 0 aliphatic rings. The maximum absolute atomic E-state index is 12.8. The van der Waals surface area contributed by atoms with Gasteiger partial charge < -0.3 is 5.11 Å². The molecule has 0 unspecified atom stereocenters. The number of rotatable bonds is 2. The summed E-state index contributed by atoms with van der Waals surface area (Å²) in [5.41, 5.74) is -1.18. The van der Waals surface area contributed by atoms with E-state index in [1.54, 1.807) is 13.8 Å². The fraction of sp³-hybridized carbons (Fsp3) is 0.500. The van der Waals surface area contributed by atoms with Gasteiger partial charge in [0, 0.05) is 0 Å². The van der Waals surface area contributed by atoms with Crippen LogP contribution in [-0.4, -0.2) is 16.1 Å². The summed E-state index contributed by atoms with van der Waals surface area (Å²) < 4.78 is 38.4. The average molecular weight is 261 g/mol. The number of carboxylic acids is 1. The highest BCUT2D eigenvalue weighted by Crippen LogP contribution is 2.34. The van der Waals surface area contributed by atoms with E-state index in [-0.39, 0.29) is 22.4 Å². The van der Waals surface area contributed by atoms with Crippen LogP contribution in [0.5, 0.6) is 0 Å². The highest BCUT2D eigenvalue weighted by Gasteiger charge is 2.37. The first-order valence-electron chi connectivity index (χ1n) is 5.39. The molecule has 6 heteroatoms. The van der Waals surface area contributed by atoms with Crippen molar-refractivity contribution < 1.29 is 23.1 Å². The number of alkyl halides is 3. The van der Waals surface area contributed by atoms with Crippen LogP contribution in [0.15, 0.2) is 0 Å². The Balaban J connectivity index is 3.70. The normalized spacial score (nSPS) is 12.0. The minimum Gasteiger partial charge on any atom is -0.478 e. The van der Waals surface area contributed by atoms with Gasteiger partial charge in [-0.05, 0) is 30.9 Å². The second-order valence-corrected chi connectivity index (χ2v) is 4.43. The van der Waals surface area contributed by atoms with E-state index in [1.165, 1.54) is 13.8 Å². The van der Waals surface area contributed by atoms with Gasteiger partial charge in [-0.3, -0.25) is 0 Å². The zero-order valence-corrected chi connectivity index (χ0v) is 10.5. The lowest BCUT2D eigenvalue weighted by molar-refractivity contribution is -0.141. The third-order valence-electron chi connectivity index (χ3n) is 2.81. The highest BCUT2D eigenvalue weighted by molar-refractivity contribution is 5.91. The molecular formula is C12H14F3NO2. The topological polar surface area (TPSA) is 50.2 Å². The Kier molecular flexibility index (Phi) is 3.69. The molecule has 0 aliphatic heterocycles. The van der Waals surface area contributed by atoms with Crippen molar-refractivity contribution in [2.24, 2.45) is 0 Å². The van der Waals surface area contributed by atoms with E-state index in [0.29, 0.717) is 0 Å². The Morgan fingerprint density at radius 3 is 2.06 bits per heavy atom. The fourth-order valence-corrected chi connectivity index (χ4v) is 1.78. The Labute approximate surface area is 103 Å². The van der Waals surface area contributed by atoms with Crippen LogP contribution in [0.4, 0.5) is 13.2 Å². The second-order valence-electron chi connectivity index (χ2n) is 4.43. The van der Waals surface area contributed by atoms with Gasteiger partial charge in [0.05, 0.1) is 11.3 Å². The summed E-state index contributed by atoms with van der Waals surface area (Å²) in [4.78, 5) is 14.7. The van der Waals surface area contributed by atoms with Crippen molar-refractivity contribution >= 4 is 5.97 Å². The maximum atomic E-state index is 12.8. The minimum atomic E-state index is -4.57. The van der Waals surface area contributed by atoms with Crippen molar-refractivity contribution in [2.75, 3.05) is 0 Å². The molecule has 0 saturated carbocycles. The SMILES string of the molecule is Cc1c(C(F)(F)F)nc(C(C)C)c(C(=O)O)c1C. The van der Waals surface area contributed by atoms with Crippen LogP contribution in [0.3, 0.4) is 0 Å². The van der Waals surface area contributed by atoms with Gasteiger partial charge in [-0.1, -0.05) is 13.8 Å². The number of aromatic carboxylic acids is 1. The molecule has 1 aromatic rings. The van der Waals surface area contributed by atoms with Gasteiger partial charge >= 0.3 is 12.1 Å². The van der Waals surface area contributed by atoms with Crippen LogP contribution in [-0.2, 0) is 6.18 Å². The van der Waals surface area contributed by atoms with Gasteiger partial charge in [0.1, 0.15) is 5.69 Å². The zero-order chi connectivity index (χ0) is 14.2. The molecule has 1 aromatic heterocycles. The van der Waals surface area contributed by atoms with Crippen LogP contribution < -0.4 is 0 Å². The van der Waals surface area contributed by atoms with Gasteiger partial charge in [-0.25, -0.2) is 9.78 Å². The molecular weight excluding hydrogens is 247 g/mol. The van der Waals surface area contributed by atoms with Crippen molar-refractivity contribution in [3.63, 3.8) is 0 Å². The van der Waals surface area contributed by atoms with E-state index in [0.717, 1.165) is 0 Å². The molecule has 0 saturated heterocycles. The van der Waals surface area contributed by atoms with Crippen molar-refractivity contribution in [1.82, 2.24) is 4.98 Å². The third kappa shape index (κ3) is 2.47. The third-order valence-corrected chi connectivity index (χ3v) is 2.81. The lowest BCUT2D eigenvalue weighted by Gasteiger charge is -2.18. The first kappa shape index (κ1) is 14.5. The smallest absolute Gasteiger partial charge is 0.433 e. The molecule has 18 heavy (non-hydrogen) atoms. The summed E-state index contributed by atoms with van der Waals surface area (Å²) >= 11 is 0. The molecule has 0 fully saturated rings. The maximum Gasteiger partial charge on any atom is 0.433 e. The van der Waals surface area contributed by atoms with E-state index >= 15 is 0 Å². The van der Waals surface area contributed by atoms with E-state index < -0.39 is 23.8 Å². The van der Waals surface area contributed by atoms with E-state index in [4.69, 9.17) is 5.11 Å². The summed E-state index contributed by atoms with van der Waals surface area (Å²) in [6.45, 7) is 5.84. The fourth-order valence-electron chi connectivity index (χ4n) is 1.78. The minimum absolute atomic E-state index is 0.0297. The lowest BCUT2D eigenvalue weighted by atomic mass is 9.95. The van der Waals surface area contributed by atoms with E-state index in [1.807, 2.05) is 0 Å². The Morgan fingerprint density at radius 1 is 1.22 bits per heavy atom. The quantitative estimate of drug-likeness (QED) is 0.885. The lowest BCUT2D eigenvalue weighted by Crippen LogP contribution is -2.18. The Hall–Kier alpha value is -1.59. The molecule has 0 amide bonds. The number of halogens is 3. The first-order chi connectivity index (χ1) is 8.07. The van der Waals surface area contributed by atoms with E-state index in [9.17, 15) is 18.0 Å². The largest absolute Gasteiger partial charge is 0.478 e. The van der Waals surface area contributed by atoms with Crippen LogP contribution in [0.2, 0.25) is 0 Å². The standard InChI is InChI=1S/C12H14F3NO2/c1-5(2)9-8(11(17)18)6(3)7(4)10(16-9)12(13,14)15/h5H,1-4H3,(H,17,18). The van der Waals surface area contributed by atoms with Crippen LogP contribution >= 0.6 is 0 Å². The van der Waals surface area contributed by atoms with Gasteiger partial charge in [0.25, 0.3) is 0 Å². The summed E-state index contributed by atoms with van der Waals surface area (Å²) in [6.07, 6.45) is -4.57. The molecule has 100 valence electrons. The Morgan fingerprint density at radius 2 is 1.72 bits per heavy atom. The molecule has 1 N–H and O–H groups in total. The number of aromatic nitrogens is 1. The number of hydrogen-bond donors (Lipinski definition) is 1. The number of nitrogens with zero attached hydrogens (tertiary/aromatic N) is 1. The zero-order valence-electron chi connectivity index (χ0n) is 10.5. The molecule has 3 nitrogen and oxygen atoms in total. The van der Waals surface area contributed by atoms with Gasteiger partial charge in [-0.15, -0.1) is 0 Å². The summed E-state index contributed by atoms with van der Waals surface area (Å²) in [7, 11) is 0. The summed E-state index contributed by atoms with van der Waals surface area (Å²) in [6, 6.07) is 0. The molecule has 1 rings (SSSR count). The Bertz CT molecular complexity index is 493.